The van der Waals surface area contributed by atoms with Crippen molar-refractivity contribution in [1.29, 1.82) is 0 Å². The lowest BCUT2D eigenvalue weighted by Gasteiger charge is -2.35. The van der Waals surface area contributed by atoms with Crippen molar-refractivity contribution < 1.29 is 14.3 Å². The van der Waals surface area contributed by atoms with Crippen molar-refractivity contribution in [3.8, 4) is 0 Å². The third kappa shape index (κ3) is 3.96. The number of carbonyl (C=O) groups excluding carboxylic acids is 1. The molecule has 2 heterocycles. The van der Waals surface area contributed by atoms with Gasteiger partial charge in [0.1, 0.15) is 5.82 Å². The maximum absolute atomic E-state index is 13.5. The van der Waals surface area contributed by atoms with Crippen LogP contribution in [0.1, 0.15) is 29.4 Å². The number of aliphatic hydroxyl groups is 1. The first-order valence-corrected chi connectivity index (χ1v) is 8.74. The summed E-state index contributed by atoms with van der Waals surface area (Å²) < 4.78 is 13.5. The molecule has 1 aliphatic heterocycles. The molecule has 0 saturated carbocycles. The van der Waals surface area contributed by atoms with E-state index in [1.54, 1.807) is 12.1 Å². The van der Waals surface area contributed by atoms with Gasteiger partial charge in [0.15, 0.2) is 0 Å². The summed E-state index contributed by atoms with van der Waals surface area (Å²) in [6.45, 7) is 7.17. The van der Waals surface area contributed by atoms with Crippen molar-refractivity contribution in [2.45, 2.75) is 26.4 Å². The second-order valence-corrected chi connectivity index (χ2v) is 6.63. The number of carbonyl (C=O) groups is 1. The van der Waals surface area contributed by atoms with Crippen molar-refractivity contribution in [3.63, 3.8) is 0 Å². The zero-order valence-electron chi connectivity index (χ0n) is 14.7. The number of fused-ring (bicyclic) bond motifs is 1. The highest BCUT2D eigenvalue weighted by Gasteiger charge is 2.24. The molecule has 6 heteroatoms. The average Bonchev–Trinajstić information content (AvgIpc) is 2.60. The molecule has 1 N–H and O–H groups in total. The van der Waals surface area contributed by atoms with Crippen molar-refractivity contribution in [3.05, 3.63) is 41.3 Å². The van der Waals surface area contributed by atoms with Crippen LogP contribution in [0.2, 0.25) is 0 Å². The minimum absolute atomic E-state index is 0.0437. The van der Waals surface area contributed by atoms with E-state index in [4.69, 9.17) is 0 Å². The highest BCUT2D eigenvalue weighted by atomic mass is 19.1. The van der Waals surface area contributed by atoms with Gasteiger partial charge in [0, 0.05) is 49.9 Å². The van der Waals surface area contributed by atoms with Crippen molar-refractivity contribution in [1.82, 2.24) is 14.8 Å². The molecule has 1 saturated heterocycles. The van der Waals surface area contributed by atoms with Gasteiger partial charge in [0.05, 0.1) is 17.2 Å². The van der Waals surface area contributed by atoms with Crippen LogP contribution in [0.5, 0.6) is 0 Å². The Bertz CT molecular complexity index is 767. The monoisotopic (exact) mass is 345 g/mol. The van der Waals surface area contributed by atoms with Crippen LogP contribution >= 0.6 is 0 Å². The number of nitrogens with zero attached hydrogens (tertiary/aromatic N) is 3. The fourth-order valence-electron chi connectivity index (χ4n) is 3.24. The van der Waals surface area contributed by atoms with E-state index in [0.717, 1.165) is 19.5 Å². The molecule has 2 aromatic rings. The van der Waals surface area contributed by atoms with E-state index in [2.05, 4.69) is 9.88 Å². The van der Waals surface area contributed by atoms with Gasteiger partial charge in [-0.1, -0.05) is 6.92 Å². The third-order valence-electron chi connectivity index (χ3n) is 4.73. The SMILES string of the molecule is CC[C@@H](O)CN1CCN(C(=O)c2cc(C)nc3cc(F)ccc23)CC1. The fraction of sp³-hybridized carbons (Fsp3) is 0.474. The topological polar surface area (TPSA) is 56.7 Å². The standard InChI is InChI=1S/C19H24FN3O2/c1-3-15(24)12-22-6-8-23(9-7-22)19(25)17-10-13(2)21-18-11-14(20)4-5-16(17)18/h4-5,10-11,15,24H,3,6-9,12H2,1-2H3/t15-/m1/s1. The Morgan fingerprint density at radius 1 is 1.28 bits per heavy atom. The van der Waals surface area contributed by atoms with Crippen molar-refractivity contribution >= 4 is 16.8 Å². The molecule has 0 radical (unpaired) electrons. The molecule has 1 atom stereocenters. The molecule has 3 rings (SSSR count). The number of β-amino-alcohol motifs (C(OH)–C–C–N with tert-alkyl or cyclic N) is 1. The first-order valence-electron chi connectivity index (χ1n) is 8.74. The number of aryl methyl sites for hydroxylation is 1. The first kappa shape index (κ1) is 17.8. The molecule has 0 aliphatic carbocycles. The van der Waals surface area contributed by atoms with Crippen LogP contribution in [-0.4, -0.2) is 64.6 Å². The zero-order valence-corrected chi connectivity index (χ0v) is 14.7. The van der Waals surface area contributed by atoms with E-state index >= 15 is 0 Å². The minimum atomic E-state index is -0.355. The minimum Gasteiger partial charge on any atom is -0.392 e. The molecule has 0 bridgehead atoms. The highest BCUT2D eigenvalue weighted by Crippen LogP contribution is 2.21. The Morgan fingerprint density at radius 2 is 2.00 bits per heavy atom. The van der Waals surface area contributed by atoms with Gasteiger partial charge in [-0.15, -0.1) is 0 Å². The predicted octanol–water partition coefficient (Wildman–Crippen LogP) is 2.21. The maximum atomic E-state index is 13.5. The number of pyridine rings is 1. The van der Waals surface area contributed by atoms with Gasteiger partial charge in [-0.05, 0) is 31.5 Å². The predicted molar refractivity (Wildman–Crippen MR) is 95.1 cm³/mol. The van der Waals surface area contributed by atoms with Gasteiger partial charge in [0.25, 0.3) is 5.91 Å². The van der Waals surface area contributed by atoms with Crippen LogP contribution in [0.15, 0.2) is 24.3 Å². The van der Waals surface area contributed by atoms with Gasteiger partial charge in [-0.2, -0.15) is 0 Å². The van der Waals surface area contributed by atoms with Crippen LogP contribution in [0.3, 0.4) is 0 Å². The lowest BCUT2D eigenvalue weighted by atomic mass is 10.1. The fourth-order valence-corrected chi connectivity index (χ4v) is 3.24. The Hall–Kier alpha value is -2.05. The summed E-state index contributed by atoms with van der Waals surface area (Å²) in [7, 11) is 0. The van der Waals surface area contributed by atoms with Gasteiger partial charge in [-0.3, -0.25) is 14.7 Å². The quantitative estimate of drug-likeness (QED) is 0.923. The summed E-state index contributed by atoms with van der Waals surface area (Å²) in [6.07, 6.45) is 0.418. The third-order valence-corrected chi connectivity index (χ3v) is 4.73. The van der Waals surface area contributed by atoms with Crippen LogP contribution in [0, 0.1) is 12.7 Å². The Kier molecular flexibility index (Phi) is 5.30. The molecule has 25 heavy (non-hydrogen) atoms. The Labute approximate surface area is 147 Å². The number of benzene rings is 1. The highest BCUT2D eigenvalue weighted by molar-refractivity contribution is 6.06. The number of amides is 1. The number of piperazine rings is 1. The van der Waals surface area contributed by atoms with Gasteiger partial charge in [0.2, 0.25) is 0 Å². The Morgan fingerprint density at radius 3 is 2.68 bits per heavy atom. The van der Waals surface area contributed by atoms with E-state index in [0.29, 0.717) is 41.8 Å². The first-order chi connectivity index (χ1) is 12.0. The molecule has 1 amide bonds. The summed E-state index contributed by atoms with van der Waals surface area (Å²) in [5.74, 6) is -0.398. The van der Waals surface area contributed by atoms with E-state index in [1.807, 2.05) is 18.7 Å². The largest absolute Gasteiger partial charge is 0.392 e. The van der Waals surface area contributed by atoms with Crippen molar-refractivity contribution in [2.75, 3.05) is 32.7 Å². The average molecular weight is 345 g/mol. The van der Waals surface area contributed by atoms with Crippen molar-refractivity contribution in [2.24, 2.45) is 0 Å². The number of hydrogen-bond acceptors (Lipinski definition) is 4. The van der Waals surface area contributed by atoms with Gasteiger partial charge < -0.3 is 10.0 Å². The zero-order chi connectivity index (χ0) is 18.0. The normalized spacial score (nSPS) is 17.0. The van der Waals surface area contributed by atoms with Crippen LogP contribution in [0.25, 0.3) is 10.9 Å². The number of aromatic nitrogens is 1. The molecule has 134 valence electrons. The number of halogens is 1. The molecule has 5 nitrogen and oxygen atoms in total. The molecule has 1 aliphatic rings. The summed E-state index contributed by atoms with van der Waals surface area (Å²) >= 11 is 0. The number of aliphatic hydroxyl groups excluding tert-OH is 1. The van der Waals surface area contributed by atoms with Crippen LogP contribution < -0.4 is 0 Å². The second kappa shape index (κ2) is 7.45. The molecule has 1 aromatic heterocycles. The van der Waals surface area contributed by atoms with Crippen LogP contribution in [0.4, 0.5) is 4.39 Å². The maximum Gasteiger partial charge on any atom is 0.254 e. The van der Waals surface area contributed by atoms with E-state index in [-0.39, 0.29) is 17.8 Å². The lowest BCUT2D eigenvalue weighted by molar-refractivity contribution is 0.0525. The summed E-state index contributed by atoms with van der Waals surface area (Å²) in [6, 6.07) is 6.12. The molecule has 0 unspecified atom stereocenters. The van der Waals surface area contributed by atoms with Gasteiger partial charge in [-0.25, -0.2) is 4.39 Å². The lowest BCUT2D eigenvalue weighted by Crippen LogP contribution is -2.50. The van der Waals surface area contributed by atoms with E-state index in [1.165, 1.54) is 12.1 Å². The van der Waals surface area contributed by atoms with Crippen LogP contribution in [-0.2, 0) is 0 Å². The summed E-state index contributed by atoms with van der Waals surface area (Å²) in [4.78, 5) is 21.3. The molecule has 1 fully saturated rings. The Balaban J connectivity index is 1.77. The number of hydrogen-bond donors (Lipinski definition) is 1. The van der Waals surface area contributed by atoms with E-state index in [9.17, 15) is 14.3 Å². The smallest absolute Gasteiger partial charge is 0.254 e. The molecule has 1 aromatic carbocycles. The molecular weight excluding hydrogens is 321 g/mol. The molecular formula is C19H24FN3O2. The number of rotatable bonds is 4. The summed E-state index contributed by atoms with van der Waals surface area (Å²) in [5, 5.41) is 10.5. The van der Waals surface area contributed by atoms with E-state index < -0.39 is 0 Å². The molecule has 0 spiro atoms. The summed E-state index contributed by atoms with van der Waals surface area (Å²) in [5.41, 5.74) is 1.78. The van der Waals surface area contributed by atoms with Gasteiger partial charge >= 0.3 is 0 Å². The second-order valence-electron chi connectivity index (χ2n) is 6.63.